The molecule has 1 aliphatic rings. The van der Waals surface area contributed by atoms with Gasteiger partial charge in [0.15, 0.2) is 0 Å². The third kappa shape index (κ3) is 2.54. The molecular weight excluding hydrogens is 268 g/mol. The van der Waals surface area contributed by atoms with Gasteiger partial charge in [-0.05, 0) is 29.3 Å². The number of anilines is 1. The number of nitrogens with zero attached hydrogens (tertiary/aromatic N) is 1. The van der Waals surface area contributed by atoms with E-state index in [0.29, 0.717) is 6.42 Å². The molecular formula is C16H16N2O3. The summed E-state index contributed by atoms with van der Waals surface area (Å²) < 4.78 is 5.19. The van der Waals surface area contributed by atoms with Crippen LogP contribution in [0.1, 0.15) is 17.2 Å². The Morgan fingerprint density at radius 2 is 2.00 bits per heavy atom. The Labute approximate surface area is 122 Å². The molecule has 0 saturated carbocycles. The van der Waals surface area contributed by atoms with Crippen LogP contribution in [0.2, 0.25) is 0 Å². The van der Waals surface area contributed by atoms with Crippen LogP contribution in [0.15, 0.2) is 48.5 Å². The summed E-state index contributed by atoms with van der Waals surface area (Å²) in [5, 5.41) is 14.7. The predicted octanol–water partition coefficient (Wildman–Crippen LogP) is 3.05. The topological polar surface area (TPSA) is 64.4 Å². The lowest BCUT2D eigenvalue weighted by Gasteiger charge is -2.30. The van der Waals surface area contributed by atoms with Crippen LogP contribution in [0, 0.1) is 10.1 Å². The van der Waals surface area contributed by atoms with E-state index in [1.165, 1.54) is 0 Å². The van der Waals surface area contributed by atoms with E-state index in [1.54, 1.807) is 7.11 Å². The van der Waals surface area contributed by atoms with E-state index in [2.05, 4.69) is 5.32 Å². The monoisotopic (exact) mass is 284 g/mol. The smallest absolute Gasteiger partial charge is 0.241 e. The third-order valence-corrected chi connectivity index (χ3v) is 3.87. The normalized spacial score (nSPS) is 20.2. The molecule has 21 heavy (non-hydrogen) atoms. The average molecular weight is 284 g/mol. The van der Waals surface area contributed by atoms with Crippen LogP contribution in [0.3, 0.4) is 0 Å². The van der Waals surface area contributed by atoms with Crippen molar-refractivity contribution in [3.05, 3.63) is 69.8 Å². The summed E-state index contributed by atoms with van der Waals surface area (Å²) >= 11 is 0. The van der Waals surface area contributed by atoms with Crippen LogP contribution in [0.5, 0.6) is 5.75 Å². The number of hydrogen-bond acceptors (Lipinski definition) is 4. The minimum absolute atomic E-state index is 0.201. The Morgan fingerprint density at radius 3 is 2.67 bits per heavy atom. The molecule has 0 spiro atoms. The molecule has 0 saturated heterocycles. The Morgan fingerprint density at radius 1 is 1.24 bits per heavy atom. The van der Waals surface area contributed by atoms with Gasteiger partial charge >= 0.3 is 0 Å². The zero-order valence-corrected chi connectivity index (χ0v) is 11.7. The summed E-state index contributed by atoms with van der Waals surface area (Å²) in [7, 11) is 1.59. The molecule has 1 heterocycles. The fourth-order valence-corrected chi connectivity index (χ4v) is 2.78. The van der Waals surface area contributed by atoms with E-state index in [1.807, 2.05) is 48.5 Å². The van der Waals surface area contributed by atoms with Gasteiger partial charge in [-0.2, -0.15) is 0 Å². The van der Waals surface area contributed by atoms with Crippen LogP contribution in [0.4, 0.5) is 5.69 Å². The number of nitro groups is 1. The summed E-state index contributed by atoms with van der Waals surface area (Å²) in [6.45, 7) is 0. The van der Waals surface area contributed by atoms with Crippen LogP contribution < -0.4 is 10.1 Å². The van der Waals surface area contributed by atoms with E-state index < -0.39 is 6.04 Å². The minimum atomic E-state index is -0.688. The van der Waals surface area contributed by atoms with Crippen molar-refractivity contribution in [1.82, 2.24) is 0 Å². The third-order valence-electron chi connectivity index (χ3n) is 3.87. The largest absolute Gasteiger partial charge is 0.497 e. The van der Waals surface area contributed by atoms with E-state index in [-0.39, 0.29) is 11.0 Å². The molecule has 3 rings (SSSR count). The molecule has 5 nitrogen and oxygen atoms in total. The van der Waals surface area contributed by atoms with E-state index in [9.17, 15) is 10.1 Å². The van der Waals surface area contributed by atoms with Crippen LogP contribution in [-0.4, -0.2) is 18.1 Å². The van der Waals surface area contributed by atoms with Gasteiger partial charge in [-0.3, -0.25) is 10.1 Å². The van der Waals surface area contributed by atoms with Gasteiger partial charge in [-0.1, -0.05) is 30.3 Å². The van der Waals surface area contributed by atoms with Crippen molar-refractivity contribution in [3.63, 3.8) is 0 Å². The number of rotatable bonds is 3. The maximum Gasteiger partial charge on any atom is 0.241 e. The van der Waals surface area contributed by atoms with Gasteiger partial charge in [-0.25, -0.2) is 0 Å². The summed E-state index contributed by atoms with van der Waals surface area (Å²) in [6, 6.07) is 14.2. The lowest BCUT2D eigenvalue weighted by atomic mass is 9.89. The van der Waals surface area contributed by atoms with E-state index >= 15 is 0 Å². The maximum absolute atomic E-state index is 11.4. The summed E-state index contributed by atoms with van der Waals surface area (Å²) in [5.41, 5.74) is 2.78. The van der Waals surface area contributed by atoms with Crippen LogP contribution in [-0.2, 0) is 6.42 Å². The van der Waals surface area contributed by atoms with Crippen LogP contribution in [0.25, 0.3) is 0 Å². The number of fused-ring (bicyclic) bond motifs is 1. The lowest BCUT2D eigenvalue weighted by Crippen LogP contribution is -2.38. The van der Waals surface area contributed by atoms with Gasteiger partial charge in [0.2, 0.25) is 6.04 Å². The second-order valence-electron chi connectivity index (χ2n) is 5.11. The first-order valence-corrected chi connectivity index (χ1v) is 6.81. The lowest BCUT2D eigenvalue weighted by molar-refractivity contribution is -0.525. The maximum atomic E-state index is 11.4. The molecule has 2 atom stereocenters. The Kier molecular flexibility index (Phi) is 3.48. The first kappa shape index (κ1) is 13.4. The molecule has 0 bridgehead atoms. The first-order valence-electron chi connectivity index (χ1n) is 6.81. The Balaban J connectivity index is 1.99. The molecule has 0 unspecified atom stereocenters. The molecule has 0 amide bonds. The molecule has 0 radical (unpaired) electrons. The van der Waals surface area contributed by atoms with Crippen molar-refractivity contribution in [2.45, 2.75) is 18.5 Å². The van der Waals surface area contributed by atoms with Crippen molar-refractivity contribution in [2.24, 2.45) is 0 Å². The highest BCUT2D eigenvalue weighted by Crippen LogP contribution is 2.35. The molecule has 1 aliphatic heterocycles. The second-order valence-corrected chi connectivity index (χ2v) is 5.11. The molecule has 0 aliphatic carbocycles. The fraction of sp³-hybridized carbons (Fsp3) is 0.250. The number of benzene rings is 2. The number of nitrogens with one attached hydrogen (secondary N) is 1. The van der Waals surface area contributed by atoms with E-state index in [0.717, 1.165) is 22.6 Å². The van der Waals surface area contributed by atoms with Gasteiger partial charge < -0.3 is 10.1 Å². The van der Waals surface area contributed by atoms with Crippen molar-refractivity contribution in [2.75, 3.05) is 12.4 Å². The van der Waals surface area contributed by atoms with Crippen molar-refractivity contribution >= 4 is 5.69 Å². The summed E-state index contributed by atoms with van der Waals surface area (Å²) in [5.74, 6) is 0.718. The summed E-state index contributed by atoms with van der Waals surface area (Å²) in [6.07, 6.45) is 0.395. The van der Waals surface area contributed by atoms with Gasteiger partial charge in [0.1, 0.15) is 11.8 Å². The molecule has 2 aromatic rings. The van der Waals surface area contributed by atoms with Gasteiger partial charge in [0.05, 0.1) is 7.11 Å². The van der Waals surface area contributed by atoms with Gasteiger partial charge in [0.25, 0.3) is 0 Å². The number of methoxy groups -OCH3 is 1. The van der Waals surface area contributed by atoms with Crippen LogP contribution >= 0.6 is 0 Å². The SMILES string of the molecule is COc1ccc2c(c1)C[C@H]([N+](=O)[O-])[C@H](c1ccccc1)N2. The highest BCUT2D eigenvalue weighted by Gasteiger charge is 2.37. The van der Waals surface area contributed by atoms with Crippen molar-refractivity contribution in [1.29, 1.82) is 0 Å². The van der Waals surface area contributed by atoms with Crippen molar-refractivity contribution in [3.8, 4) is 5.75 Å². The Hall–Kier alpha value is -2.56. The summed E-state index contributed by atoms with van der Waals surface area (Å²) in [4.78, 5) is 11.2. The predicted molar refractivity (Wildman–Crippen MR) is 80.3 cm³/mol. The molecule has 0 aromatic heterocycles. The second kappa shape index (κ2) is 5.44. The molecule has 1 N–H and O–H groups in total. The number of ether oxygens (including phenoxy) is 1. The number of hydrogen-bond donors (Lipinski definition) is 1. The van der Waals surface area contributed by atoms with Gasteiger partial charge in [0, 0.05) is 17.0 Å². The standard InChI is InChI=1S/C16H16N2O3/c1-21-13-7-8-14-12(9-13)10-15(18(19)20)16(17-14)11-5-3-2-4-6-11/h2-9,15-17H,10H2,1H3/t15-,16-/m0/s1. The first-order chi connectivity index (χ1) is 10.2. The highest BCUT2D eigenvalue weighted by molar-refractivity contribution is 5.58. The zero-order chi connectivity index (χ0) is 14.8. The van der Waals surface area contributed by atoms with Crippen molar-refractivity contribution < 1.29 is 9.66 Å². The molecule has 0 fully saturated rings. The van der Waals surface area contributed by atoms with E-state index in [4.69, 9.17) is 4.74 Å². The minimum Gasteiger partial charge on any atom is -0.497 e. The fourth-order valence-electron chi connectivity index (χ4n) is 2.78. The Bertz CT molecular complexity index is 658. The molecule has 108 valence electrons. The average Bonchev–Trinajstić information content (AvgIpc) is 2.53. The zero-order valence-electron chi connectivity index (χ0n) is 11.7. The quantitative estimate of drug-likeness (QED) is 0.695. The molecule has 2 aromatic carbocycles. The highest BCUT2D eigenvalue weighted by atomic mass is 16.6. The van der Waals surface area contributed by atoms with Gasteiger partial charge in [-0.15, -0.1) is 0 Å². The molecule has 5 heteroatoms.